The van der Waals surface area contributed by atoms with Crippen LogP contribution in [0, 0.1) is 0 Å². The van der Waals surface area contributed by atoms with Crippen LogP contribution in [0.15, 0.2) is 24.3 Å². The van der Waals surface area contributed by atoms with E-state index >= 15 is 0 Å². The summed E-state index contributed by atoms with van der Waals surface area (Å²) in [6, 6.07) is 0.287. The molecule has 27 heavy (non-hydrogen) atoms. The van der Waals surface area contributed by atoms with Gasteiger partial charge in [0.1, 0.15) is 0 Å². The summed E-state index contributed by atoms with van der Waals surface area (Å²) in [6.45, 7) is 4.01. The number of nitrogens with one attached hydrogen (secondary N) is 2. The van der Waals surface area contributed by atoms with Crippen LogP contribution in [0.5, 0.6) is 0 Å². The number of imide groups is 1. The molecule has 0 spiro atoms. The molecule has 2 aliphatic carbocycles. The lowest BCUT2D eigenvalue weighted by Gasteiger charge is -2.36. The van der Waals surface area contributed by atoms with Crippen molar-refractivity contribution in [2.45, 2.75) is 83.0 Å². The maximum absolute atomic E-state index is 13.2. The number of carbonyl (C=O) groups is 2. The fourth-order valence-electron chi connectivity index (χ4n) is 3.62. The first-order valence-electron chi connectivity index (χ1n) is 9.89. The fourth-order valence-corrected chi connectivity index (χ4v) is 3.89. The van der Waals surface area contributed by atoms with Crippen molar-refractivity contribution in [1.29, 1.82) is 0 Å². The van der Waals surface area contributed by atoms with Crippen molar-refractivity contribution < 1.29 is 14.3 Å². The van der Waals surface area contributed by atoms with Crippen molar-refractivity contribution >= 4 is 29.6 Å². The quantitative estimate of drug-likeness (QED) is 0.393. The summed E-state index contributed by atoms with van der Waals surface area (Å²) in [5.74, 6) is -0.464. The smallest absolute Gasteiger partial charge is 0.284 e. The van der Waals surface area contributed by atoms with Crippen molar-refractivity contribution in [2.75, 3.05) is 0 Å². The molecule has 2 aliphatic rings. The van der Waals surface area contributed by atoms with Crippen molar-refractivity contribution in [1.82, 2.24) is 15.8 Å². The number of allylic oxidation sites excluding steroid dienone is 2. The van der Waals surface area contributed by atoms with E-state index in [1.54, 1.807) is 12.2 Å². The van der Waals surface area contributed by atoms with Gasteiger partial charge in [-0.3, -0.25) is 15.0 Å². The standard InChI is InChI=1S/C20H31N3O3S/c1-3-10-16(2)26-20(13-8-5-9-14-20)18(25)23(15-24)22-19(27)21-17-11-6-4-7-12-17/h5,8-9,13,15-17H,3-4,6-7,10-12,14H2,1-2H3,(H2,21,22,27). The van der Waals surface area contributed by atoms with Gasteiger partial charge in [-0.25, -0.2) is 0 Å². The topological polar surface area (TPSA) is 70.7 Å². The molecule has 0 aliphatic heterocycles. The number of hydrogen-bond donors (Lipinski definition) is 2. The number of carbonyl (C=O) groups excluding carboxylic acids is 2. The van der Waals surface area contributed by atoms with E-state index in [1.807, 2.05) is 19.1 Å². The fraction of sp³-hybridized carbons (Fsp3) is 0.650. The van der Waals surface area contributed by atoms with E-state index in [-0.39, 0.29) is 17.3 Å². The highest BCUT2D eigenvalue weighted by Crippen LogP contribution is 2.27. The van der Waals surface area contributed by atoms with Crippen LogP contribution in [0.2, 0.25) is 0 Å². The molecule has 2 amide bonds. The van der Waals surface area contributed by atoms with Crippen LogP contribution in [-0.4, -0.2) is 40.2 Å². The lowest BCUT2D eigenvalue weighted by molar-refractivity contribution is -0.162. The predicted molar refractivity (Wildman–Crippen MR) is 110 cm³/mol. The summed E-state index contributed by atoms with van der Waals surface area (Å²) < 4.78 is 6.10. The largest absolute Gasteiger partial charge is 0.359 e. The number of hydrazine groups is 1. The van der Waals surface area contributed by atoms with E-state index in [1.165, 1.54) is 19.3 Å². The number of hydrogen-bond acceptors (Lipinski definition) is 4. The van der Waals surface area contributed by atoms with Crippen LogP contribution in [0.3, 0.4) is 0 Å². The highest BCUT2D eigenvalue weighted by Gasteiger charge is 2.42. The van der Waals surface area contributed by atoms with Gasteiger partial charge < -0.3 is 10.1 Å². The molecule has 6 nitrogen and oxygen atoms in total. The second-order valence-electron chi connectivity index (χ2n) is 7.30. The van der Waals surface area contributed by atoms with E-state index in [4.69, 9.17) is 17.0 Å². The Bertz CT molecular complexity index is 587. The molecule has 1 fully saturated rings. The van der Waals surface area contributed by atoms with Gasteiger partial charge in [-0.15, -0.1) is 0 Å². The Morgan fingerprint density at radius 3 is 2.70 bits per heavy atom. The summed E-state index contributed by atoms with van der Waals surface area (Å²) in [4.78, 5) is 24.8. The Balaban J connectivity index is 2.04. The molecule has 150 valence electrons. The van der Waals surface area contributed by atoms with E-state index < -0.39 is 11.5 Å². The molecular formula is C20H31N3O3S. The summed E-state index contributed by atoms with van der Waals surface area (Å²) in [5, 5.41) is 4.40. The Kier molecular flexibility index (Phi) is 8.44. The minimum Gasteiger partial charge on any atom is -0.359 e. The Morgan fingerprint density at radius 2 is 2.11 bits per heavy atom. The van der Waals surface area contributed by atoms with Crippen molar-refractivity contribution in [3.63, 3.8) is 0 Å². The minimum atomic E-state index is -1.20. The average Bonchev–Trinajstić information content (AvgIpc) is 2.67. The molecule has 7 heteroatoms. The Hall–Kier alpha value is -1.73. The predicted octanol–water partition coefficient (Wildman–Crippen LogP) is 3.14. The number of ether oxygens (including phenoxy) is 1. The normalized spacial score (nSPS) is 23.5. The molecule has 0 heterocycles. The van der Waals surface area contributed by atoms with E-state index in [2.05, 4.69) is 17.7 Å². The maximum atomic E-state index is 13.2. The Morgan fingerprint density at radius 1 is 1.37 bits per heavy atom. The molecule has 0 radical (unpaired) electrons. The Labute approximate surface area is 167 Å². The van der Waals surface area contributed by atoms with Crippen molar-refractivity contribution in [3.8, 4) is 0 Å². The zero-order valence-electron chi connectivity index (χ0n) is 16.3. The third kappa shape index (κ3) is 6.14. The third-order valence-electron chi connectivity index (χ3n) is 4.99. The second kappa shape index (κ2) is 10.6. The molecule has 1 saturated carbocycles. The lowest BCUT2D eigenvalue weighted by Crippen LogP contribution is -2.58. The minimum absolute atomic E-state index is 0.101. The molecule has 0 bridgehead atoms. The first-order chi connectivity index (χ1) is 13.0. The SMILES string of the molecule is CCCC(C)OC1(C(=O)N(C=O)NC(=S)NC2CCCCC2)C=CC=CC1. The molecule has 2 N–H and O–H groups in total. The van der Waals surface area contributed by atoms with Crippen LogP contribution in [0.4, 0.5) is 0 Å². The van der Waals surface area contributed by atoms with Gasteiger partial charge in [0.15, 0.2) is 10.7 Å². The van der Waals surface area contributed by atoms with Crippen molar-refractivity contribution in [3.05, 3.63) is 24.3 Å². The van der Waals surface area contributed by atoms with E-state index in [0.29, 0.717) is 12.8 Å². The molecule has 2 rings (SSSR count). The van der Waals surface area contributed by atoms with Gasteiger partial charge in [-0.2, -0.15) is 5.01 Å². The highest BCUT2D eigenvalue weighted by atomic mass is 32.1. The summed E-state index contributed by atoms with van der Waals surface area (Å²) in [5.41, 5.74) is 1.54. The molecular weight excluding hydrogens is 362 g/mol. The molecule has 2 atom stereocenters. The first-order valence-corrected chi connectivity index (χ1v) is 10.3. The van der Waals surface area contributed by atoms with Gasteiger partial charge in [-0.05, 0) is 44.5 Å². The zero-order chi connectivity index (χ0) is 19.7. The number of nitrogens with zero attached hydrogens (tertiary/aromatic N) is 1. The highest BCUT2D eigenvalue weighted by molar-refractivity contribution is 7.80. The number of rotatable bonds is 7. The molecule has 0 aromatic heterocycles. The van der Waals surface area contributed by atoms with Gasteiger partial charge >= 0.3 is 0 Å². The molecule has 0 aromatic carbocycles. The van der Waals surface area contributed by atoms with Gasteiger partial charge in [0.25, 0.3) is 5.91 Å². The summed E-state index contributed by atoms with van der Waals surface area (Å²) in [7, 11) is 0. The van der Waals surface area contributed by atoms with Crippen molar-refractivity contribution in [2.24, 2.45) is 0 Å². The van der Waals surface area contributed by atoms with Crippen LogP contribution >= 0.6 is 12.2 Å². The molecule has 2 unspecified atom stereocenters. The van der Waals surface area contributed by atoms with Crippen LogP contribution in [0.1, 0.15) is 65.2 Å². The third-order valence-corrected chi connectivity index (χ3v) is 5.20. The molecule has 0 aromatic rings. The van der Waals surface area contributed by atoms with Gasteiger partial charge in [0.2, 0.25) is 6.41 Å². The average molecular weight is 394 g/mol. The van der Waals surface area contributed by atoms with Crippen LogP contribution in [0.25, 0.3) is 0 Å². The second-order valence-corrected chi connectivity index (χ2v) is 7.71. The van der Waals surface area contributed by atoms with Gasteiger partial charge in [0, 0.05) is 12.5 Å². The number of thiocarbonyl (C=S) groups is 1. The number of amides is 2. The van der Waals surface area contributed by atoms with Crippen LogP contribution < -0.4 is 10.7 Å². The summed E-state index contributed by atoms with van der Waals surface area (Å²) in [6.07, 6.45) is 15.4. The monoisotopic (exact) mass is 393 g/mol. The van der Waals surface area contributed by atoms with E-state index in [0.717, 1.165) is 30.7 Å². The van der Waals surface area contributed by atoms with E-state index in [9.17, 15) is 9.59 Å². The zero-order valence-corrected chi connectivity index (χ0v) is 17.1. The first kappa shape index (κ1) is 21.6. The summed E-state index contributed by atoms with van der Waals surface area (Å²) >= 11 is 5.32. The van der Waals surface area contributed by atoms with Crippen LogP contribution in [-0.2, 0) is 14.3 Å². The van der Waals surface area contributed by atoms with Gasteiger partial charge in [-0.1, -0.05) is 50.8 Å². The maximum Gasteiger partial charge on any atom is 0.284 e. The molecule has 0 saturated heterocycles. The van der Waals surface area contributed by atoms with Gasteiger partial charge in [0.05, 0.1) is 6.10 Å². The lowest BCUT2D eigenvalue weighted by atomic mass is 9.93.